The van der Waals surface area contributed by atoms with Crippen LogP contribution in [0.3, 0.4) is 0 Å². The number of hydrogen-bond donors (Lipinski definition) is 1. The lowest BCUT2D eigenvalue weighted by atomic mass is 9.90. The molecule has 1 saturated heterocycles. The van der Waals surface area contributed by atoms with Crippen molar-refractivity contribution < 1.29 is 9.90 Å². The number of rotatable bonds is 2. The molecule has 1 N–H and O–H groups in total. The van der Waals surface area contributed by atoms with Crippen LogP contribution in [0.2, 0.25) is 0 Å². The summed E-state index contributed by atoms with van der Waals surface area (Å²) < 4.78 is 0. The minimum Gasteiger partial charge on any atom is -0.374 e. The number of aryl methyl sites for hydroxylation is 2. The number of anilines is 1. The molecule has 0 unspecified atom stereocenters. The number of benzene rings is 1. The molecule has 2 aliphatic rings. The van der Waals surface area contributed by atoms with Crippen molar-refractivity contribution in [3.8, 4) is 0 Å². The van der Waals surface area contributed by atoms with Crippen LogP contribution in [-0.2, 0) is 6.42 Å². The molecule has 118 valence electrons. The zero-order chi connectivity index (χ0) is 16.2. The summed E-state index contributed by atoms with van der Waals surface area (Å²) in [5.74, 6) is 0.270. The third kappa shape index (κ3) is 2.07. The lowest BCUT2D eigenvalue weighted by molar-refractivity contribution is 0.0603. The Bertz CT molecular complexity index is 822. The molecule has 1 aromatic carbocycles. The fourth-order valence-electron chi connectivity index (χ4n) is 3.23. The van der Waals surface area contributed by atoms with Gasteiger partial charge in [-0.2, -0.15) is 0 Å². The van der Waals surface area contributed by atoms with E-state index in [1.54, 1.807) is 11.3 Å². The fourth-order valence-corrected chi connectivity index (χ4v) is 4.19. The quantitative estimate of drug-likeness (QED) is 0.919. The molecular formula is C18H18N2O2S. The highest BCUT2D eigenvalue weighted by molar-refractivity contribution is 7.16. The van der Waals surface area contributed by atoms with Gasteiger partial charge in [0.1, 0.15) is 5.00 Å². The van der Waals surface area contributed by atoms with Gasteiger partial charge < -0.3 is 10.0 Å². The zero-order valence-corrected chi connectivity index (χ0v) is 14.0. The lowest BCUT2D eigenvalue weighted by Gasteiger charge is -2.28. The SMILES string of the molecule is CCc1cc2c(s1)N=C1N(c3ccc(C)cc3)CC[C@@]1(O)C2=O. The number of ketones is 1. The van der Waals surface area contributed by atoms with Crippen LogP contribution in [0.4, 0.5) is 10.7 Å². The van der Waals surface area contributed by atoms with Gasteiger partial charge in [0.15, 0.2) is 11.4 Å². The van der Waals surface area contributed by atoms with Crippen molar-refractivity contribution in [2.75, 3.05) is 11.4 Å². The predicted octanol–water partition coefficient (Wildman–Crippen LogP) is 3.49. The van der Waals surface area contributed by atoms with E-state index in [9.17, 15) is 9.90 Å². The summed E-state index contributed by atoms with van der Waals surface area (Å²) in [6, 6.07) is 9.97. The van der Waals surface area contributed by atoms with Crippen molar-refractivity contribution >= 4 is 33.6 Å². The molecule has 4 rings (SSSR count). The lowest BCUT2D eigenvalue weighted by Crippen LogP contribution is -2.48. The molecule has 5 heteroatoms. The molecule has 2 aliphatic heterocycles. The van der Waals surface area contributed by atoms with Crippen molar-refractivity contribution in [1.82, 2.24) is 0 Å². The minimum atomic E-state index is -1.48. The second-order valence-corrected chi connectivity index (χ2v) is 7.26. The van der Waals surface area contributed by atoms with Crippen LogP contribution in [-0.4, -0.2) is 28.9 Å². The molecule has 3 heterocycles. The standard InChI is InChI=1S/C18H18N2O2S/c1-3-13-10-14-15(21)18(22)8-9-20(17(18)19-16(14)23-13)12-6-4-11(2)5-7-12/h4-7,10,22H,3,8-9H2,1-2H3/t18-/m1/s1. The van der Waals surface area contributed by atoms with Gasteiger partial charge >= 0.3 is 0 Å². The summed E-state index contributed by atoms with van der Waals surface area (Å²) in [6.45, 7) is 4.69. The summed E-state index contributed by atoms with van der Waals surface area (Å²) in [5, 5.41) is 11.7. The summed E-state index contributed by atoms with van der Waals surface area (Å²) >= 11 is 1.54. The Hall–Kier alpha value is -1.98. The molecule has 1 aromatic heterocycles. The Morgan fingerprint density at radius 2 is 2.09 bits per heavy atom. The molecule has 0 spiro atoms. The molecule has 0 aliphatic carbocycles. The summed E-state index contributed by atoms with van der Waals surface area (Å²) in [6.07, 6.45) is 1.26. The van der Waals surface area contributed by atoms with Crippen LogP contribution in [0.15, 0.2) is 35.3 Å². The maximum absolute atomic E-state index is 12.8. The van der Waals surface area contributed by atoms with Crippen LogP contribution in [0.1, 0.15) is 34.1 Å². The number of thiophene rings is 1. The number of nitrogens with zero attached hydrogens (tertiary/aromatic N) is 2. The first-order valence-corrected chi connectivity index (χ1v) is 8.68. The zero-order valence-electron chi connectivity index (χ0n) is 13.2. The molecule has 23 heavy (non-hydrogen) atoms. The normalized spacial score (nSPS) is 22.8. The fraction of sp³-hybridized carbons (Fsp3) is 0.333. The van der Waals surface area contributed by atoms with Crippen LogP contribution in [0, 0.1) is 6.92 Å². The summed E-state index contributed by atoms with van der Waals surface area (Å²) in [7, 11) is 0. The smallest absolute Gasteiger partial charge is 0.205 e. The van der Waals surface area contributed by atoms with E-state index in [4.69, 9.17) is 0 Å². The van der Waals surface area contributed by atoms with Crippen LogP contribution >= 0.6 is 11.3 Å². The third-order valence-electron chi connectivity index (χ3n) is 4.61. The number of aliphatic hydroxyl groups is 1. The van der Waals surface area contributed by atoms with Crippen LogP contribution < -0.4 is 4.90 Å². The van der Waals surface area contributed by atoms with Crippen LogP contribution in [0.5, 0.6) is 0 Å². The first kappa shape index (κ1) is 14.6. The first-order valence-electron chi connectivity index (χ1n) is 7.86. The average molecular weight is 326 g/mol. The minimum absolute atomic E-state index is 0.205. The number of hydrogen-bond acceptors (Lipinski definition) is 5. The van der Waals surface area contributed by atoms with E-state index in [-0.39, 0.29) is 5.78 Å². The number of carbonyl (C=O) groups excluding carboxylic acids is 1. The van der Waals surface area contributed by atoms with Gasteiger partial charge in [-0.05, 0) is 31.5 Å². The highest BCUT2D eigenvalue weighted by Crippen LogP contribution is 2.43. The molecule has 0 amide bonds. The van der Waals surface area contributed by atoms with Crippen molar-refractivity contribution in [3.63, 3.8) is 0 Å². The van der Waals surface area contributed by atoms with Gasteiger partial charge in [0.05, 0.1) is 5.56 Å². The number of aliphatic imine (C=N–C) groups is 1. The largest absolute Gasteiger partial charge is 0.374 e. The van der Waals surface area contributed by atoms with Gasteiger partial charge in [-0.1, -0.05) is 24.6 Å². The maximum Gasteiger partial charge on any atom is 0.205 e. The topological polar surface area (TPSA) is 52.9 Å². The van der Waals surface area contributed by atoms with Gasteiger partial charge in [0.25, 0.3) is 0 Å². The monoisotopic (exact) mass is 326 g/mol. The number of amidine groups is 1. The highest BCUT2D eigenvalue weighted by atomic mass is 32.1. The predicted molar refractivity (Wildman–Crippen MR) is 93.2 cm³/mol. The molecule has 0 saturated carbocycles. The Kier molecular flexibility index (Phi) is 3.18. The Morgan fingerprint density at radius 1 is 1.35 bits per heavy atom. The van der Waals surface area contributed by atoms with E-state index in [1.807, 2.05) is 42.2 Å². The van der Waals surface area contributed by atoms with Crippen molar-refractivity contribution in [2.24, 2.45) is 4.99 Å². The maximum atomic E-state index is 12.8. The number of fused-ring (bicyclic) bond motifs is 2. The summed E-state index contributed by atoms with van der Waals surface area (Å²) in [5.41, 5.74) is 1.24. The highest BCUT2D eigenvalue weighted by Gasteiger charge is 2.52. The molecular weight excluding hydrogens is 308 g/mol. The molecule has 2 aromatic rings. The van der Waals surface area contributed by atoms with Gasteiger partial charge in [-0.15, -0.1) is 11.3 Å². The van der Waals surface area contributed by atoms with E-state index in [2.05, 4.69) is 11.9 Å². The van der Waals surface area contributed by atoms with Crippen molar-refractivity contribution in [2.45, 2.75) is 32.3 Å². The number of carbonyl (C=O) groups is 1. The molecule has 0 bridgehead atoms. The van der Waals surface area contributed by atoms with E-state index in [0.29, 0.717) is 24.4 Å². The molecule has 0 radical (unpaired) electrons. The molecule has 4 nitrogen and oxygen atoms in total. The third-order valence-corrected chi connectivity index (χ3v) is 5.78. The van der Waals surface area contributed by atoms with Gasteiger partial charge in [-0.3, -0.25) is 4.79 Å². The number of Topliss-reactive ketones (excluding diaryl/α,β-unsaturated/α-hetero) is 1. The second-order valence-electron chi connectivity index (χ2n) is 6.15. The molecule has 1 fully saturated rings. The van der Waals surface area contributed by atoms with Gasteiger partial charge in [-0.25, -0.2) is 4.99 Å². The van der Waals surface area contributed by atoms with E-state index < -0.39 is 5.60 Å². The van der Waals surface area contributed by atoms with E-state index in [1.165, 1.54) is 5.56 Å². The van der Waals surface area contributed by atoms with E-state index >= 15 is 0 Å². The Balaban J connectivity index is 1.83. The van der Waals surface area contributed by atoms with Crippen molar-refractivity contribution in [1.29, 1.82) is 0 Å². The van der Waals surface area contributed by atoms with Gasteiger partial charge in [0.2, 0.25) is 5.78 Å². The van der Waals surface area contributed by atoms with Crippen molar-refractivity contribution in [3.05, 3.63) is 46.3 Å². The Labute approximate surface area is 139 Å². The average Bonchev–Trinajstić information content (AvgIpc) is 3.11. The van der Waals surface area contributed by atoms with Crippen LogP contribution in [0.25, 0.3) is 0 Å². The van der Waals surface area contributed by atoms with E-state index in [0.717, 1.165) is 22.0 Å². The first-order chi connectivity index (χ1) is 11.0. The van der Waals surface area contributed by atoms with Gasteiger partial charge in [0, 0.05) is 23.5 Å². The molecule has 1 atom stereocenters. The second kappa shape index (κ2) is 5.01. The summed E-state index contributed by atoms with van der Waals surface area (Å²) in [4.78, 5) is 20.6. The Morgan fingerprint density at radius 3 is 2.78 bits per heavy atom.